The van der Waals surface area contributed by atoms with E-state index in [0.29, 0.717) is 5.92 Å². The molecular formula is C8H18OSi. The van der Waals surface area contributed by atoms with Crippen LogP contribution in [-0.4, -0.2) is 16.4 Å². The van der Waals surface area contributed by atoms with Gasteiger partial charge in [0.15, 0.2) is 9.76 Å². The van der Waals surface area contributed by atoms with Gasteiger partial charge < -0.3 is 4.43 Å². The molecule has 0 saturated heterocycles. The number of rotatable bonds is 5. The lowest BCUT2D eigenvalue weighted by Crippen LogP contribution is -2.04. The van der Waals surface area contributed by atoms with Gasteiger partial charge in [-0.3, -0.25) is 0 Å². The Morgan fingerprint density at radius 2 is 2.30 bits per heavy atom. The van der Waals surface area contributed by atoms with Crippen molar-refractivity contribution in [3.63, 3.8) is 0 Å². The molecule has 1 nitrogen and oxygen atoms in total. The van der Waals surface area contributed by atoms with Crippen LogP contribution in [0.25, 0.3) is 0 Å². The third-order valence-corrected chi connectivity index (χ3v) is 3.54. The third kappa shape index (κ3) is 4.76. The molecule has 0 aromatic carbocycles. The molecule has 60 valence electrons. The van der Waals surface area contributed by atoms with Gasteiger partial charge in [0.25, 0.3) is 0 Å². The van der Waals surface area contributed by atoms with Crippen molar-refractivity contribution in [2.75, 3.05) is 6.61 Å². The lowest BCUT2D eigenvalue weighted by Gasteiger charge is -2.09. The second kappa shape index (κ2) is 5.68. The predicted octanol–water partition coefficient (Wildman–Crippen LogP) is 1.74. The highest BCUT2D eigenvalue weighted by Gasteiger charge is 2.01. The first kappa shape index (κ1) is 9.92. The van der Waals surface area contributed by atoms with Crippen LogP contribution in [0, 0.1) is 5.92 Å². The maximum Gasteiger partial charge on any atom is 0.162 e. The van der Waals surface area contributed by atoms with Gasteiger partial charge >= 0.3 is 0 Å². The Morgan fingerprint density at radius 3 is 2.70 bits per heavy atom. The van der Waals surface area contributed by atoms with Crippen molar-refractivity contribution in [2.45, 2.75) is 26.8 Å². The minimum absolute atomic E-state index is 0.240. The highest BCUT2D eigenvalue weighted by molar-refractivity contribution is 6.27. The van der Waals surface area contributed by atoms with Crippen molar-refractivity contribution in [2.24, 2.45) is 5.92 Å². The van der Waals surface area contributed by atoms with Gasteiger partial charge in [-0.2, -0.15) is 0 Å². The van der Waals surface area contributed by atoms with Crippen LogP contribution in [0.5, 0.6) is 0 Å². The van der Waals surface area contributed by atoms with Gasteiger partial charge in [0.2, 0.25) is 0 Å². The Balaban J connectivity index is 3.21. The Labute approximate surface area is 66.4 Å². The first-order valence-electron chi connectivity index (χ1n) is 3.91. The zero-order valence-corrected chi connectivity index (χ0v) is 8.73. The van der Waals surface area contributed by atoms with Crippen molar-refractivity contribution in [3.8, 4) is 0 Å². The van der Waals surface area contributed by atoms with E-state index in [9.17, 15) is 0 Å². The summed E-state index contributed by atoms with van der Waals surface area (Å²) in [5, 5.41) is 0. The molecular weight excluding hydrogens is 140 g/mol. The predicted molar refractivity (Wildman–Crippen MR) is 49.0 cm³/mol. The van der Waals surface area contributed by atoms with E-state index in [1.54, 1.807) is 0 Å². The molecule has 0 bridgehead atoms. The van der Waals surface area contributed by atoms with Crippen LogP contribution in [0.4, 0.5) is 0 Å². The number of hydrogen-bond acceptors (Lipinski definition) is 1. The summed E-state index contributed by atoms with van der Waals surface area (Å²) in [6, 6.07) is 1.24. The third-order valence-electron chi connectivity index (χ3n) is 1.74. The first-order chi connectivity index (χ1) is 4.68. The quantitative estimate of drug-likeness (QED) is 0.336. The molecule has 10 heavy (non-hydrogen) atoms. The lowest BCUT2D eigenvalue weighted by atomic mass is 10.1. The topological polar surface area (TPSA) is 9.23 Å². The van der Waals surface area contributed by atoms with Crippen LogP contribution in [0.2, 0.25) is 6.04 Å². The maximum absolute atomic E-state index is 5.35. The molecule has 1 atom stereocenters. The molecule has 0 radical (unpaired) electrons. The van der Waals surface area contributed by atoms with Gasteiger partial charge in [-0.15, -0.1) is 0 Å². The lowest BCUT2D eigenvalue weighted by molar-refractivity contribution is 0.357. The molecule has 1 unspecified atom stereocenters. The second-order valence-corrected chi connectivity index (χ2v) is 4.13. The van der Waals surface area contributed by atoms with Gasteiger partial charge in [-0.25, -0.2) is 0 Å². The normalized spacial score (nSPS) is 14.3. The summed E-state index contributed by atoms with van der Waals surface area (Å²) in [6.45, 7) is 11.1. The molecule has 0 rings (SSSR count). The molecule has 0 amide bonds. The van der Waals surface area contributed by atoms with E-state index in [-0.39, 0.29) is 9.76 Å². The van der Waals surface area contributed by atoms with Crippen LogP contribution in [0.15, 0.2) is 12.2 Å². The highest BCUT2D eigenvalue weighted by Crippen LogP contribution is 2.11. The molecule has 2 heteroatoms. The van der Waals surface area contributed by atoms with Crippen LogP contribution >= 0.6 is 0 Å². The van der Waals surface area contributed by atoms with E-state index in [4.69, 9.17) is 4.43 Å². The molecule has 0 fully saturated rings. The van der Waals surface area contributed by atoms with Crippen LogP contribution in [-0.2, 0) is 4.43 Å². The summed E-state index contributed by atoms with van der Waals surface area (Å²) in [7, 11) is -0.240. The fourth-order valence-corrected chi connectivity index (χ4v) is 1.95. The van der Waals surface area contributed by atoms with Gasteiger partial charge in [-0.1, -0.05) is 19.1 Å². The average molecular weight is 158 g/mol. The summed E-state index contributed by atoms with van der Waals surface area (Å²) >= 11 is 0. The molecule has 0 N–H and O–H groups in total. The van der Waals surface area contributed by atoms with E-state index in [2.05, 4.69) is 27.4 Å². The molecule has 0 aliphatic rings. The number of allylic oxidation sites excluding steroid dienone is 1. The van der Waals surface area contributed by atoms with Gasteiger partial charge in [0.1, 0.15) is 0 Å². The summed E-state index contributed by atoms with van der Waals surface area (Å²) in [5.74, 6) is 0.665. The van der Waals surface area contributed by atoms with Gasteiger partial charge in [-0.05, 0) is 25.8 Å². The molecule has 0 saturated carbocycles. The molecule has 0 aliphatic carbocycles. The van der Waals surface area contributed by atoms with Crippen LogP contribution < -0.4 is 0 Å². The van der Waals surface area contributed by atoms with Crippen molar-refractivity contribution < 1.29 is 4.43 Å². The molecule has 0 aromatic heterocycles. The van der Waals surface area contributed by atoms with Crippen molar-refractivity contribution in [1.82, 2.24) is 0 Å². The van der Waals surface area contributed by atoms with Crippen molar-refractivity contribution >= 4 is 9.76 Å². The minimum atomic E-state index is -0.240. The molecule has 0 spiro atoms. The zero-order chi connectivity index (χ0) is 7.98. The fourth-order valence-electron chi connectivity index (χ4n) is 0.651. The molecule has 0 heterocycles. The smallest absolute Gasteiger partial charge is 0.162 e. The number of hydrogen-bond donors (Lipinski definition) is 0. The van der Waals surface area contributed by atoms with Crippen molar-refractivity contribution in [3.05, 3.63) is 12.2 Å². The van der Waals surface area contributed by atoms with E-state index in [1.807, 2.05) is 0 Å². The first-order valence-corrected chi connectivity index (χ1v) is 5.49. The zero-order valence-electron chi connectivity index (χ0n) is 7.31. The SMILES string of the molecule is C=C(C)C(C)C[SiH2]OCC. The van der Waals surface area contributed by atoms with Crippen LogP contribution in [0.3, 0.4) is 0 Å². The monoisotopic (exact) mass is 158 g/mol. The van der Waals surface area contributed by atoms with E-state index < -0.39 is 0 Å². The Hall–Kier alpha value is -0.0831. The summed E-state index contributed by atoms with van der Waals surface area (Å²) < 4.78 is 5.35. The van der Waals surface area contributed by atoms with E-state index in [0.717, 1.165) is 6.61 Å². The van der Waals surface area contributed by atoms with Gasteiger partial charge in [0.05, 0.1) is 0 Å². The average Bonchev–Trinajstić information content (AvgIpc) is 1.88. The van der Waals surface area contributed by atoms with E-state index >= 15 is 0 Å². The van der Waals surface area contributed by atoms with E-state index in [1.165, 1.54) is 11.6 Å². The largest absolute Gasteiger partial charge is 0.424 e. The van der Waals surface area contributed by atoms with Crippen molar-refractivity contribution in [1.29, 1.82) is 0 Å². The molecule has 0 aromatic rings. The fraction of sp³-hybridized carbons (Fsp3) is 0.750. The molecule has 0 aliphatic heterocycles. The maximum atomic E-state index is 5.35. The Kier molecular flexibility index (Phi) is 5.64. The van der Waals surface area contributed by atoms with Crippen LogP contribution in [0.1, 0.15) is 20.8 Å². The second-order valence-electron chi connectivity index (χ2n) is 2.73. The Morgan fingerprint density at radius 1 is 1.70 bits per heavy atom. The van der Waals surface area contributed by atoms with Gasteiger partial charge in [0, 0.05) is 6.61 Å². The summed E-state index contributed by atoms with van der Waals surface area (Å²) in [4.78, 5) is 0. The minimum Gasteiger partial charge on any atom is -0.424 e. The summed E-state index contributed by atoms with van der Waals surface area (Å²) in [5.41, 5.74) is 1.28. The summed E-state index contributed by atoms with van der Waals surface area (Å²) in [6.07, 6.45) is 0. The Bertz CT molecular complexity index is 101. The standard InChI is InChI=1S/C8H18OSi/c1-5-9-10-6-8(4)7(2)3/h8H,2,5-6,10H2,1,3-4H3. The highest BCUT2D eigenvalue weighted by atomic mass is 28.2.